The third-order valence-corrected chi connectivity index (χ3v) is 6.50. The molecule has 0 aliphatic rings. The zero-order valence-corrected chi connectivity index (χ0v) is 22.1. The Morgan fingerprint density at radius 1 is 0.818 bits per heavy atom. The van der Waals surface area contributed by atoms with Gasteiger partial charge in [-0.2, -0.15) is 0 Å². The van der Waals surface area contributed by atoms with Gasteiger partial charge in [0, 0.05) is 30.4 Å². The Kier molecular flexibility index (Phi) is 8.44. The molecule has 3 rings (SSSR count). The van der Waals surface area contributed by atoms with Crippen LogP contribution in [0.3, 0.4) is 0 Å². The molecule has 0 fully saturated rings. The Hall–Kier alpha value is -1.66. The number of anilines is 2. The molecule has 0 radical (unpaired) electrons. The number of carbonyl (C=O) groups is 1. The summed E-state index contributed by atoms with van der Waals surface area (Å²) in [6, 6.07) is 11.5. The molecule has 0 atom stereocenters. The lowest BCUT2D eigenvalue weighted by Crippen LogP contribution is -2.25. The number of carbonyl (C=O) groups excluding carboxylic acids is 1. The Bertz CT molecular complexity index is 1250. The van der Waals surface area contributed by atoms with Crippen LogP contribution in [0.4, 0.5) is 17.1 Å². The number of halogens is 6. The Balaban J connectivity index is 2.15. The third kappa shape index (κ3) is 6.07. The van der Waals surface area contributed by atoms with Crippen LogP contribution < -0.4 is 10.2 Å². The molecule has 1 N–H and O–H groups in total. The van der Waals surface area contributed by atoms with Crippen LogP contribution in [0.25, 0.3) is 0 Å². The predicted octanol–water partition coefficient (Wildman–Crippen LogP) is 8.74. The molecule has 172 valence electrons. The summed E-state index contributed by atoms with van der Waals surface area (Å²) in [5, 5.41) is 4.07. The number of nitrogens with one attached hydrogen (secondary N) is 1. The van der Waals surface area contributed by atoms with E-state index in [1.165, 1.54) is 24.3 Å². The molecule has 3 aromatic carbocycles. The van der Waals surface area contributed by atoms with Gasteiger partial charge in [0.25, 0.3) is 5.91 Å². The molecule has 0 aromatic heterocycles. The van der Waals surface area contributed by atoms with Crippen molar-refractivity contribution in [1.82, 2.24) is 0 Å². The number of aryl methyl sites for hydroxylation is 1. The van der Waals surface area contributed by atoms with Gasteiger partial charge in [0.2, 0.25) is 0 Å². The SMILES string of the molecule is Cc1cc(N(C)C)ccc1N=C(C(=O)Nc1cc(Cl)c(Cl)cc1Cl)c1c(Cl)cc(Cl)cc1Cl. The van der Waals surface area contributed by atoms with Crippen LogP contribution in [0.1, 0.15) is 11.1 Å². The molecule has 0 spiro atoms. The lowest BCUT2D eigenvalue weighted by Gasteiger charge is -2.16. The Labute approximate surface area is 222 Å². The van der Waals surface area contributed by atoms with Gasteiger partial charge in [-0.3, -0.25) is 4.79 Å². The maximum absolute atomic E-state index is 13.4. The van der Waals surface area contributed by atoms with Crippen molar-refractivity contribution in [1.29, 1.82) is 0 Å². The number of amides is 1. The summed E-state index contributed by atoms with van der Waals surface area (Å²) < 4.78 is 0. The molecule has 0 heterocycles. The molecule has 0 unspecified atom stereocenters. The highest BCUT2D eigenvalue weighted by Crippen LogP contribution is 2.35. The summed E-state index contributed by atoms with van der Waals surface area (Å²) >= 11 is 37.2. The zero-order chi connectivity index (χ0) is 24.4. The van der Waals surface area contributed by atoms with Gasteiger partial charge in [0.05, 0.1) is 36.5 Å². The zero-order valence-electron chi connectivity index (χ0n) is 17.6. The van der Waals surface area contributed by atoms with E-state index in [4.69, 9.17) is 69.6 Å². The third-order valence-electron chi connectivity index (χ3n) is 4.65. The normalized spacial score (nSPS) is 11.5. The highest BCUT2D eigenvalue weighted by Gasteiger charge is 2.23. The molecule has 0 saturated carbocycles. The fourth-order valence-corrected chi connectivity index (χ4v) is 4.54. The summed E-state index contributed by atoms with van der Waals surface area (Å²) in [7, 11) is 3.87. The Morgan fingerprint density at radius 3 is 2.00 bits per heavy atom. The van der Waals surface area contributed by atoms with Crippen LogP contribution in [0.2, 0.25) is 30.1 Å². The number of rotatable bonds is 5. The lowest BCUT2D eigenvalue weighted by molar-refractivity contribution is -0.110. The van der Waals surface area contributed by atoms with Crippen molar-refractivity contribution in [2.75, 3.05) is 24.3 Å². The minimum atomic E-state index is -0.600. The van der Waals surface area contributed by atoms with Gasteiger partial charge in [-0.15, -0.1) is 0 Å². The second kappa shape index (κ2) is 10.7. The number of benzene rings is 3. The van der Waals surface area contributed by atoms with Crippen molar-refractivity contribution >= 4 is 98.3 Å². The Morgan fingerprint density at radius 2 is 1.42 bits per heavy atom. The van der Waals surface area contributed by atoms with Crippen LogP contribution in [-0.2, 0) is 4.79 Å². The largest absolute Gasteiger partial charge is 0.378 e. The first-order valence-electron chi connectivity index (χ1n) is 9.45. The summed E-state index contributed by atoms with van der Waals surface area (Å²) in [6.45, 7) is 1.89. The molecule has 33 heavy (non-hydrogen) atoms. The molecule has 4 nitrogen and oxygen atoms in total. The van der Waals surface area contributed by atoms with Crippen molar-refractivity contribution in [3.05, 3.63) is 83.7 Å². The number of hydrogen-bond donors (Lipinski definition) is 1. The van der Waals surface area contributed by atoms with Gasteiger partial charge in [-0.05, 0) is 55.0 Å². The number of aliphatic imine (C=N–C) groups is 1. The second-order valence-electron chi connectivity index (χ2n) is 7.27. The molecule has 0 aliphatic carbocycles. The molecule has 3 aromatic rings. The molecule has 10 heteroatoms. The van der Waals surface area contributed by atoms with Crippen molar-refractivity contribution in [2.24, 2.45) is 4.99 Å². The molecule has 0 bridgehead atoms. The van der Waals surface area contributed by atoms with E-state index < -0.39 is 5.91 Å². The standard InChI is InChI=1S/C23H17Cl6N3O/c1-11-6-13(32(2)3)4-5-19(11)30-22(21-17(28)7-12(24)8-18(21)29)23(33)31-20-10-15(26)14(25)9-16(20)27/h4-10H,1-3H3,(H,31,33). The second-order valence-corrected chi connectivity index (χ2v) is 9.74. The van der Waals surface area contributed by atoms with Crippen LogP contribution in [-0.4, -0.2) is 25.7 Å². The first kappa shape index (κ1) is 26.0. The lowest BCUT2D eigenvalue weighted by atomic mass is 10.1. The minimum absolute atomic E-state index is 0.0236. The minimum Gasteiger partial charge on any atom is -0.378 e. The summed E-state index contributed by atoms with van der Waals surface area (Å²) in [4.78, 5) is 20.0. The molecular formula is C23H17Cl6N3O. The smallest absolute Gasteiger partial charge is 0.275 e. The van der Waals surface area contributed by atoms with Gasteiger partial charge in [-0.25, -0.2) is 4.99 Å². The first-order chi connectivity index (χ1) is 15.5. The van der Waals surface area contributed by atoms with Gasteiger partial charge in [0.15, 0.2) is 0 Å². The van der Waals surface area contributed by atoms with E-state index in [0.29, 0.717) is 10.7 Å². The average molecular weight is 564 g/mol. The van der Waals surface area contributed by atoms with Crippen molar-refractivity contribution in [3.63, 3.8) is 0 Å². The summed E-state index contributed by atoms with van der Waals surface area (Å²) in [5.74, 6) is -0.600. The van der Waals surface area contributed by atoms with Gasteiger partial charge >= 0.3 is 0 Å². The maximum Gasteiger partial charge on any atom is 0.275 e. The van der Waals surface area contributed by atoms with Gasteiger partial charge in [0.1, 0.15) is 5.71 Å². The highest BCUT2D eigenvalue weighted by atomic mass is 35.5. The summed E-state index contributed by atoms with van der Waals surface area (Å²) in [6.07, 6.45) is 0. The van der Waals surface area contributed by atoms with Crippen LogP contribution in [0, 0.1) is 6.92 Å². The van der Waals surface area contributed by atoms with E-state index in [-0.39, 0.29) is 42.1 Å². The fraction of sp³-hybridized carbons (Fsp3) is 0.130. The number of hydrogen-bond acceptors (Lipinski definition) is 3. The number of nitrogens with zero attached hydrogens (tertiary/aromatic N) is 2. The van der Waals surface area contributed by atoms with Gasteiger partial charge in [-0.1, -0.05) is 69.6 Å². The predicted molar refractivity (Wildman–Crippen MR) is 143 cm³/mol. The van der Waals surface area contributed by atoms with E-state index in [1.807, 2.05) is 44.1 Å². The fourth-order valence-electron chi connectivity index (χ4n) is 2.95. The van der Waals surface area contributed by atoms with E-state index in [1.54, 1.807) is 0 Å². The van der Waals surface area contributed by atoms with Crippen LogP contribution >= 0.6 is 69.6 Å². The average Bonchev–Trinajstić information content (AvgIpc) is 2.71. The molecule has 0 saturated heterocycles. The monoisotopic (exact) mass is 561 g/mol. The van der Waals surface area contributed by atoms with E-state index in [9.17, 15) is 4.79 Å². The topological polar surface area (TPSA) is 44.7 Å². The summed E-state index contributed by atoms with van der Waals surface area (Å²) in [5.41, 5.74) is 2.86. The first-order valence-corrected chi connectivity index (χ1v) is 11.7. The van der Waals surface area contributed by atoms with Crippen LogP contribution in [0.5, 0.6) is 0 Å². The van der Waals surface area contributed by atoms with Crippen molar-refractivity contribution in [2.45, 2.75) is 6.92 Å². The van der Waals surface area contributed by atoms with Crippen LogP contribution in [0.15, 0.2) is 47.5 Å². The molecule has 0 aliphatic heterocycles. The molecular weight excluding hydrogens is 547 g/mol. The van der Waals surface area contributed by atoms with E-state index in [2.05, 4.69) is 10.3 Å². The van der Waals surface area contributed by atoms with Crippen molar-refractivity contribution < 1.29 is 4.79 Å². The maximum atomic E-state index is 13.4. The highest BCUT2D eigenvalue weighted by molar-refractivity contribution is 6.56. The van der Waals surface area contributed by atoms with E-state index in [0.717, 1.165) is 11.3 Å². The quantitative estimate of drug-likeness (QED) is 0.249. The van der Waals surface area contributed by atoms with Crippen molar-refractivity contribution in [3.8, 4) is 0 Å². The van der Waals surface area contributed by atoms with Gasteiger partial charge < -0.3 is 10.2 Å². The molecule has 1 amide bonds. The van der Waals surface area contributed by atoms with E-state index >= 15 is 0 Å².